The highest BCUT2D eigenvalue weighted by atomic mass is 16.5. The van der Waals surface area contributed by atoms with E-state index >= 15 is 0 Å². The predicted molar refractivity (Wildman–Crippen MR) is 116 cm³/mol. The maximum absolute atomic E-state index is 12.2. The van der Waals surface area contributed by atoms with Crippen molar-refractivity contribution in [3.63, 3.8) is 0 Å². The molecule has 0 radical (unpaired) electrons. The van der Waals surface area contributed by atoms with Gasteiger partial charge in [-0.05, 0) is 56.7 Å². The lowest BCUT2D eigenvalue weighted by Gasteiger charge is -2.19. The van der Waals surface area contributed by atoms with Gasteiger partial charge in [-0.1, -0.05) is 13.3 Å². The number of pyridine rings is 1. The zero-order valence-corrected chi connectivity index (χ0v) is 17.4. The Labute approximate surface area is 172 Å². The average molecular weight is 399 g/mol. The van der Waals surface area contributed by atoms with Crippen molar-refractivity contribution in [2.75, 3.05) is 36.5 Å². The zero-order chi connectivity index (χ0) is 21.1. The number of hydrogen-bond acceptors (Lipinski definition) is 5. The summed E-state index contributed by atoms with van der Waals surface area (Å²) >= 11 is 0. The van der Waals surface area contributed by atoms with Gasteiger partial charge in [0.05, 0.1) is 25.0 Å². The molecular formula is C22H30N4O3. The number of ether oxygens (including phenoxy) is 1. The number of rotatable bonds is 11. The van der Waals surface area contributed by atoms with Crippen LogP contribution in [0.3, 0.4) is 0 Å². The lowest BCUT2D eigenvalue weighted by atomic mass is 10.2. The van der Waals surface area contributed by atoms with Gasteiger partial charge in [0, 0.05) is 18.7 Å². The molecule has 1 aromatic heterocycles. The third-order valence-corrected chi connectivity index (χ3v) is 4.41. The number of aromatic nitrogens is 1. The van der Waals surface area contributed by atoms with Gasteiger partial charge >= 0.3 is 0 Å². The summed E-state index contributed by atoms with van der Waals surface area (Å²) in [6.45, 7) is 8.51. The topological polar surface area (TPSA) is 83.6 Å². The molecule has 7 nitrogen and oxygen atoms in total. The van der Waals surface area contributed by atoms with Gasteiger partial charge in [0.2, 0.25) is 5.91 Å². The van der Waals surface area contributed by atoms with E-state index in [1.165, 1.54) is 0 Å². The Morgan fingerprint density at radius 3 is 2.34 bits per heavy atom. The number of benzene rings is 1. The van der Waals surface area contributed by atoms with Crippen molar-refractivity contribution < 1.29 is 14.3 Å². The summed E-state index contributed by atoms with van der Waals surface area (Å²) in [5, 5.41) is 5.35. The molecule has 0 saturated heterocycles. The number of amides is 2. The monoisotopic (exact) mass is 398 g/mol. The first-order valence-electron chi connectivity index (χ1n) is 10.1. The summed E-state index contributed by atoms with van der Waals surface area (Å²) < 4.78 is 5.58. The van der Waals surface area contributed by atoms with E-state index in [9.17, 15) is 9.59 Å². The Kier molecular flexibility index (Phi) is 8.95. The Morgan fingerprint density at radius 1 is 1.03 bits per heavy atom. The quantitative estimate of drug-likeness (QED) is 0.566. The first kappa shape index (κ1) is 22.2. The first-order chi connectivity index (χ1) is 14.1. The van der Waals surface area contributed by atoms with Gasteiger partial charge in [-0.15, -0.1) is 0 Å². The maximum Gasteiger partial charge on any atom is 0.251 e. The summed E-state index contributed by atoms with van der Waals surface area (Å²) in [5.41, 5.74) is 1.07. The molecule has 0 aliphatic heterocycles. The van der Waals surface area contributed by atoms with Gasteiger partial charge in [-0.3, -0.25) is 9.59 Å². The Morgan fingerprint density at radius 2 is 1.76 bits per heavy atom. The summed E-state index contributed by atoms with van der Waals surface area (Å²) in [5.74, 6) is 0.974. The van der Waals surface area contributed by atoms with Gasteiger partial charge in [0.1, 0.15) is 11.6 Å². The minimum absolute atomic E-state index is 0.120. The van der Waals surface area contributed by atoms with Crippen LogP contribution in [0.5, 0.6) is 5.75 Å². The molecule has 0 spiro atoms. The van der Waals surface area contributed by atoms with E-state index in [1.807, 2.05) is 6.07 Å². The molecule has 0 bridgehead atoms. The minimum Gasteiger partial charge on any atom is -0.494 e. The van der Waals surface area contributed by atoms with Gasteiger partial charge in [0.25, 0.3) is 5.91 Å². The SMILES string of the molecule is CCCCOc1ccc(C(=O)NCC(=O)Nc2ccc(N(CC)CC)nc2)cc1. The van der Waals surface area contributed by atoms with Crippen LogP contribution < -0.4 is 20.3 Å². The molecule has 0 saturated carbocycles. The fourth-order valence-corrected chi connectivity index (χ4v) is 2.70. The number of nitrogens with zero attached hydrogens (tertiary/aromatic N) is 2. The van der Waals surface area contributed by atoms with E-state index in [0.717, 1.165) is 37.5 Å². The van der Waals surface area contributed by atoms with E-state index in [-0.39, 0.29) is 18.4 Å². The third-order valence-electron chi connectivity index (χ3n) is 4.41. The number of unbranched alkanes of at least 4 members (excludes halogenated alkanes) is 1. The molecule has 156 valence electrons. The van der Waals surface area contributed by atoms with E-state index in [2.05, 4.69) is 41.3 Å². The second kappa shape index (κ2) is 11.7. The van der Waals surface area contributed by atoms with Crippen LogP contribution in [0.2, 0.25) is 0 Å². The summed E-state index contributed by atoms with van der Waals surface area (Å²) in [6, 6.07) is 10.6. The van der Waals surface area contributed by atoms with Crippen molar-refractivity contribution in [2.45, 2.75) is 33.6 Å². The fourth-order valence-electron chi connectivity index (χ4n) is 2.70. The predicted octanol–water partition coefficient (Wildman–Crippen LogP) is 3.48. The highest BCUT2D eigenvalue weighted by molar-refractivity contribution is 5.99. The Bertz CT molecular complexity index is 772. The molecule has 2 amide bonds. The highest BCUT2D eigenvalue weighted by Crippen LogP contribution is 2.14. The molecular weight excluding hydrogens is 368 g/mol. The number of nitrogens with one attached hydrogen (secondary N) is 2. The molecule has 29 heavy (non-hydrogen) atoms. The van der Waals surface area contributed by atoms with E-state index in [4.69, 9.17) is 4.74 Å². The van der Waals surface area contributed by atoms with Crippen molar-refractivity contribution in [1.29, 1.82) is 0 Å². The summed E-state index contributed by atoms with van der Waals surface area (Å²) in [4.78, 5) is 30.8. The molecule has 0 aliphatic carbocycles. The molecule has 0 aliphatic rings. The Hall–Kier alpha value is -3.09. The van der Waals surface area contributed by atoms with Crippen LogP contribution in [0.1, 0.15) is 44.0 Å². The molecule has 2 rings (SSSR count). The highest BCUT2D eigenvalue weighted by Gasteiger charge is 2.09. The van der Waals surface area contributed by atoms with Gasteiger partial charge in [-0.2, -0.15) is 0 Å². The van der Waals surface area contributed by atoms with Crippen molar-refractivity contribution in [1.82, 2.24) is 10.3 Å². The standard InChI is InChI=1S/C22H30N4O3/c1-4-7-14-29-19-11-8-17(9-12-19)22(28)24-16-21(27)25-18-10-13-20(23-15-18)26(5-2)6-3/h8-13,15H,4-7,14,16H2,1-3H3,(H,24,28)(H,25,27). The van der Waals surface area contributed by atoms with Crippen molar-refractivity contribution in [3.8, 4) is 5.75 Å². The number of anilines is 2. The van der Waals surface area contributed by atoms with Crippen LogP contribution in [0.25, 0.3) is 0 Å². The molecule has 2 aromatic rings. The number of carbonyl (C=O) groups is 2. The average Bonchev–Trinajstić information content (AvgIpc) is 2.75. The van der Waals surface area contributed by atoms with Gasteiger partial charge < -0.3 is 20.3 Å². The van der Waals surface area contributed by atoms with Crippen LogP contribution in [0.15, 0.2) is 42.6 Å². The second-order valence-electron chi connectivity index (χ2n) is 6.53. The van der Waals surface area contributed by atoms with E-state index < -0.39 is 0 Å². The number of hydrogen-bond donors (Lipinski definition) is 2. The van der Waals surface area contributed by atoms with Gasteiger partial charge in [0.15, 0.2) is 0 Å². The van der Waals surface area contributed by atoms with Crippen LogP contribution in [-0.2, 0) is 4.79 Å². The van der Waals surface area contributed by atoms with Crippen LogP contribution in [0, 0.1) is 0 Å². The van der Waals surface area contributed by atoms with Gasteiger partial charge in [-0.25, -0.2) is 4.98 Å². The molecule has 2 N–H and O–H groups in total. The molecule has 0 fully saturated rings. The zero-order valence-electron chi connectivity index (χ0n) is 17.4. The van der Waals surface area contributed by atoms with Crippen LogP contribution in [-0.4, -0.2) is 43.0 Å². The van der Waals surface area contributed by atoms with E-state index in [0.29, 0.717) is 17.9 Å². The largest absolute Gasteiger partial charge is 0.494 e. The lowest BCUT2D eigenvalue weighted by molar-refractivity contribution is -0.115. The van der Waals surface area contributed by atoms with Crippen molar-refractivity contribution >= 4 is 23.3 Å². The van der Waals surface area contributed by atoms with Crippen LogP contribution in [0.4, 0.5) is 11.5 Å². The lowest BCUT2D eigenvalue weighted by Crippen LogP contribution is -2.32. The normalized spacial score (nSPS) is 10.3. The molecule has 0 unspecified atom stereocenters. The smallest absolute Gasteiger partial charge is 0.251 e. The maximum atomic E-state index is 12.2. The molecule has 0 atom stereocenters. The first-order valence-corrected chi connectivity index (χ1v) is 10.1. The van der Waals surface area contributed by atoms with Crippen molar-refractivity contribution in [3.05, 3.63) is 48.2 Å². The van der Waals surface area contributed by atoms with E-state index in [1.54, 1.807) is 36.5 Å². The molecule has 7 heteroatoms. The second-order valence-corrected chi connectivity index (χ2v) is 6.53. The van der Waals surface area contributed by atoms with Crippen LogP contribution >= 0.6 is 0 Å². The summed E-state index contributed by atoms with van der Waals surface area (Å²) in [7, 11) is 0. The Balaban J connectivity index is 1.80. The van der Waals surface area contributed by atoms with Crippen molar-refractivity contribution in [2.24, 2.45) is 0 Å². The minimum atomic E-state index is -0.310. The number of carbonyl (C=O) groups excluding carboxylic acids is 2. The summed E-state index contributed by atoms with van der Waals surface area (Å²) in [6.07, 6.45) is 3.67. The third kappa shape index (κ3) is 7.10. The molecule has 1 heterocycles. The fraction of sp³-hybridized carbons (Fsp3) is 0.409. The molecule has 1 aromatic carbocycles.